The molecule has 5 nitrogen and oxygen atoms in total. The van der Waals surface area contributed by atoms with Gasteiger partial charge in [0.1, 0.15) is 0 Å². The van der Waals surface area contributed by atoms with Crippen molar-refractivity contribution in [3.63, 3.8) is 0 Å². The summed E-state index contributed by atoms with van der Waals surface area (Å²) in [5, 5.41) is 18.1. The molecule has 13 heavy (non-hydrogen) atoms. The van der Waals surface area contributed by atoms with E-state index in [2.05, 4.69) is 5.32 Å². The van der Waals surface area contributed by atoms with Crippen molar-refractivity contribution in [3.05, 3.63) is 0 Å². The molecule has 1 aliphatic rings. The van der Waals surface area contributed by atoms with Crippen LogP contribution in [0.2, 0.25) is 0 Å². The van der Waals surface area contributed by atoms with Crippen molar-refractivity contribution in [1.29, 1.82) is 0 Å². The summed E-state index contributed by atoms with van der Waals surface area (Å²) in [6.07, 6.45) is 5.65. The Morgan fingerprint density at radius 3 is 1.54 bits per heavy atom. The molecule has 5 heteroatoms. The van der Waals surface area contributed by atoms with E-state index in [-0.39, 0.29) is 0 Å². The topological polar surface area (TPSA) is 86.6 Å². The molecule has 0 aliphatic carbocycles. The number of rotatable bonds is 0. The second kappa shape index (κ2) is 7.54. The lowest BCUT2D eigenvalue weighted by Gasteiger charge is -1.91. The number of hydrogen-bond donors (Lipinski definition) is 3. The average molecular weight is 189 g/mol. The van der Waals surface area contributed by atoms with Gasteiger partial charge in [-0.2, -0.15) is 0 Å². The lowest BCUT2D eigenvalue weighted by molar-refractivity contribution is -0.159. The number of aliphatic carboxylic acids is 2. The van der Waals surface area contributed by atoms with Crippen molar-refractivity contribution in [2.24, 2.45) is 0 Å². The molecule has 0 unspecified atom stereocenters. The molecule has 0 aromatic heterocycles. The van der Waals surface area contributed by atoms with Gasteiger partial charge in [-0.05, 0) is 25.9 Å². The number of carbonyl (C=O) groups is 2. The molecule has 1 rings (SSSR count). The van der Waals surface area contributed by atoms with Gasteiger partial charge in [-0.25, -0.2) is 9.59 Å². The molecule has 0 amide bonds. The summed E-state index contributed by atoms with van der Waals surface area (Å²) in [6, 6.07) is 0. The van der Waals surface area contributed by atoms with Crippen molar-refractivity contribution >= 4 is 11.9 Å². The van der Waals surface area contributed by atoms with E-state index < -0.39 is 11.9 Å². The second-order valence-electron chi connectivity index (χ2n) is 2.77. The molecule has 1 saturated heterocycles. The van der Waals surface area contributed by atoms with E-state index in [0.29, 0.717) is 0 Å². The van der Waals surface area contributed by atoms with Crippen LogP contribution >= 0.6 is 0 Å². The summed E-state index contributed by atoms with van der Waals surface area (Å²) >= 11 is 0. The van der Waals surface area contributed by atoms with Crippen LogP contribution in [0.3, 0.4) is 0 Å². The number of carboxylic acids is 2. The first-order valence-corrected chi connectivity index (χ1v) is 4.31. The molecule has 0 bridgehead atoms. The average Bonchev–Trinajstić information content (AvgIpc) is 2.35. The van der Waals surface area contributed by atoms with Crippen LogP contribution in [0, 0.1) is 0 Å². The van der Waals surface area contributed by atoms with Gasteiger partial charge in [0.25, 0.3) is 0 Å². The van der Waals surface area contributed by atoms with Crippen LogP contribution in [-0.4, -0.2) is 35.2 Å². The van der Waals surface area contributed by atoms with Crippen molar-refractivity contribution in [3.8, 4) is 0 Å². The molecule has 1 aliphatic heterocycles. The smallest absolute Gasteiger partial charge is 0.414 e. The third-order valence-corrected chi connectivity index (χ3v) is 1.64. The first kappa shape index (κ1) is 11.9. The molecule has 0 saturated carbocycles. The van der Waals surface area contributed by atoms with Crippen LogP contribution in [0.25, 0.3) is 0 Å². The van der Waals surface area contributed by atoms with Gasteiger partial charge in [0.05, 0.1) is 0 Å². The Labute approximate surface area is 76.8 Å². The van der Waals surface area contributed by atoms with Gasteiger partial charge in [-0.1, -0.05) is 12.8 Å². The monoisotopic (exact) mass is 189 g/mol. The van der Waals surface area contributed by atoms with E-state index >= 15 is 0 Å². The summed E-state index contributed by atoms with van der Waals surface area (Å²) in [5.41, 5.74) is 0. The lowest BCUT2D eigenvalue weighted by Crippen LogP contribution is -2.12. The van der Waals surface area contributed by atoms with Gasteiger partial charge in [0.2, 0.25) is 0 Å². The Kier molecular flexibility index (Phi) is 6.91. The molecule has 0 radical (unpaired) electrons. The first-order valence-electron chi connectivity index (χ1n) is 4.31. The van der Waals surface area contributed by atoms with Gasteiger partial charge in [0.15, 0.2) is 0 Å². The van der Waals surface area contributed by atoms with Crippen molar-refractivity contribution in [2.75, 3.05) is 13.1 Å². The minimum atomic E-state index is -1.82. The highest BCUT2D eigenvalue weighted by Gasteiger charge is 2.04. The summed E-state index contributed by atoms with van der Waals surface area (Å²) in [7, 11) is 0. The molecule has 1 fully saturated rings. The first-order chi connectivity index (χ1) is 6.14. The zero-order chi connectivity index (χ0) is 10.1. The molecule has 3 N–H and O–H groups in total. The fourth-order valence-corrected chi connectivity index (χ4v) is 0.979. The molecule has 0 aromatic rings. The number of nitrogens with one attached hydrogen (secondary N) is 1. The molecule has 0 atom stereocenters. The Morgan fingerprint density at radius 2 is 1.23 bits per heavy atom. The lowest BCUT2D eigenvalue weighted by atomic mass is 10.2. The maximum atomic E-state index is 9.10. The van der Waals surface area contributed by atoms with Gasteiger partial charge < -0.3 is 15.5 Å². The van der Waals surface area contributed by atoms with Crippen LogP contribution < -0.4 is 5.32 Å². The molecule has 0 spiro atoms. The SMILES string of the molecule is C1CCCNCC1.O=C(O)C(=O)O. The third-order valence-electron chi connectivity index (χ3n) is 1.64. The summed E-state index contributed by atoms with van der Waals surface area (Å²) < 4.78 is 0. The highest BCUT2D eigenvalue weighted by Crippen LogP contribution is 2.00. The van der Waals surface area contributed by atoms with E-state index in [1.807, 2.05) is 0 Å². The minimum Gasteiger partial charge on any atom is -0.473 e. The van der Waals surface area contributed by atoms with Crippen LogP contribution in [-0.2, 0) is 9.59 Å². The Morgan fingerprint density at radius 1 is 0.846 bits per heavy atom. The maximum Gasteiger partial charge on any atom is 0.414 e. The van der Waals surface area contributed by atoms with Crippen LogP contribution in [0.1, 0.15) is 25.7 Å². The zero-order valence-corrected chi connectivity index (χ0v) is 7.45. The van der Waals surface area contributed by atoms with Gasteiger partial charge in [-0.15, -0.1) is 0 Å². The Balaban J connectivity index is 0.000000226. The molecule has 0 aromatic carbocycles. The van der Waals surface area contributed by atoms with Crippen molar-refractivity contribution in [2.45, 2.75) is 25.7 Å². The number of hydrogen-bond acceptors (Lipinski definition) is 3. The van der Waals surface area contributed by atoms with E-state index in [9.17, 15) is 0 Å². The predicted molar refractivity (Wildman–Crippen MR) is 46.6 cm³/mol. The Bertz CT molecular complexity index is 138. The van der Waals surface area contributed by atoms with Gasteiger partial charge in [-0.3, -0.25) is 0 Å². The van der Waals surface area contributed by atoms with E-state index in [1.165, 1.54) is 38.8 Å². The minimum absolute atomic E-state index is 1.25. The van der Waals surface area contributed by atoms with Crippen LogP contribution in [0.4, 0.5) is 0 Å². The number of carboxylic acid groups (broad SMARTS) is 2. The van der Waals surface area contributed by atoms with E-state index in [4.69, 9.17) is 19.8 Å². The van der Waals surface area contributed by atoms with Gasteiger partial charge >= 0.3 is 11.9 Å². The van der Waals surface area contributed by atoms with Crippen LogP contribution in [0.15, 0.2) is 0 Å². The molecular weight excluding hydrogens is 174 g/mol. The molecule has 1 heterocycles. The van der Waals surface area contributed by atoms with E-state index in [1.54, 1.807) is 0 Å². The standard InChI is InChI=1S/C6H13N.C2H2O4/c1-2-4-6-7-5-3-1;3-1(4)2(5)6/h7H,1-6H2;(H,3,4)(H,5,6). The third kappa shape index (κ3) is 8.81. The second-order valence-corrected chi connectivity index (χ2v) is 2.77. The Hall–Kier alpha value is -1.10. The summed E-state index contributed by atoms with van der Waals surface area (Å²) in [6.45, 7) is 2.50. The fourth-order valence-electron chi connectivity index (χ4n) is 0.979. The summed E-state index contributed by atoms with van der Waals surface area (Å²) in [4.78, 5) is 18.2. The van der Waals surface area contributed by atoms with Crippen molar-refractivity contribution in [1.82, 2.24) is 5.32 Å². The normalized spacial score (nSPS) is 16.3. The molecule has 76 valence electrons. The van der Waals surface area contributed by atoms with Gasteiger partial charge in [0, 0.05) is 0 Å². The van der Waals surface area contributed by atoms with Crippen molar-refractivity contribution < 1.29 is 19.8 Å². The zero-order valence-electron chi connectivity index (χ0n) is 7.45. The fraction of sp³-hybridized carbons (Fsp3) is 0.750. The molecular formula is C8H15NO4. The van der Waals surface area contributed by atoms with Crippen LogP contribution in [0.5, 0.6) is 0 Å². The van der Waals surface area contributed by atoms with E-state index in [0.717, 1.165) is 0 Å². The largest absolute Gasteiger partial charge is 0.473 e. The predicted octanol–water partition coefficient (Wildman–Crippen LogP) is 0.306. The highest BCUT2D eigenvalue weighted by atomic mass is 16.4. The highest BCUT2D eigenvalue weighted by molar-refractivity contribution is 6.27. The summed E-state index contributed by atoms with van der Waals surface area (Å²) in [5.74, 6) is -3.65. The maximum absolute atomic E-state index is 9.10. The quantitative estimate of drug-likeness (QED) is 0.477.